The van der Waals surface area contributed by atoms with E-state index in [9.17, 15) is 9.59 Å². The van der Waals surface area contributed by atoms with Crippen molar-refractivity contribution in [3.63, 3.8) is 0 Å². The second-order valence-electron chi connectivity index (χ2n) is 6.20. The van der Waals surface area contributed by atoms with E-state index < -0.39 is 6.04 Å². The highest BCUT2D eigenvalue weighted by molar-refractivity contribution is 5.80. The standard InChI is InChI=1S/C21H21N3O2/c1-15-13-14-19(25)24(23-15)16(2)21(26)22-20(17-9-5-3-6-10-17)18-11-7-4-8-12-18/h3-14,16,20H,1-2H3,(H,22,26). The van der Waals surface area contributed by atoms with E-state index in [1.54, 1.807) is 19.9 Å². The third-order valence-electron chi connectivity index (χ3n) is 4.26. The number of aromatic nitrogens is 2. The second-order valence-corrected chi connectivity index (χ2v) is 6.20. The number of aryl methyl sites for hydroxylation is 1. The van der Waals surface area contributed by atoms with Crippen LogP contribution in [0.15, 0.2) is 77.6 Å². The van der Waals surface area contributed by atoms with Gasteiger partial charge >= 0.3 is 0 Å². The smallest absolute Gasteiger partial charge is 0.267 e. The van der Waals surface area contributed by atoms with E-state index in [1.807, 2.05) is 60.7 Å². The first-order chi connectivity index (χ1) is 12.6. The highest BCUT2D eigenvalue weighted by Gasteiger charge is 2.22. The van der Waals surface area contributed by atoms with Crippen LogP contribution in [0.4, 0.5) is 0 Å². The molecular formula is C21H21N3O2. The minimum atomic E-state index is -0.711. The molecule has 1 heterocycles. The Morgan fingerprint density at radius 2 is 1.46 bits per heavy atom. The molecule has 1 amide bonds. The lowest BCUT2D eigenvalue weighted by atomic mass is 9.98. The number of nitrogens with one attached hydrogen (secondary N) is 1. The summed E-state index contributed by atoms with van der Waals surface area (Å²) in [6.45, 7) is 3.47. The number of rotatable bonds is 5. The zero-order valence-electron chi connectivity index (χ0n) is 14.8. The topological polar surface area (TPSA) is 64.0 Å². The molecule has 0 spiro atoms. The summed E-state index contributed by atoms with van der Waals surface area (Å²) in [4.78, 5) is 24.9. The third-order valence-corrected chi connectivity index (χ3v) is 4.26. The Kier molecular flexibility index (Phi) is 5.27. The molecule has 5 heteroatoms. The van der Waals surface area contributed by atoms with Crippen LogP contribution in [0.3, 0.4) is 0 Å². The van der Waals surface area contributed by atoms with E-state index in [0.717, 1.165) is 11.1 Å². The molecule has 0 saturated carbocycles. The van der Waals surface area contributed by atoms with Crippen molar-refractivity contribution in [2.24, 2.45) is 0 Å². The van der Waals surface area contributed by atoms with E-state index in [2.05, 4.69) is 10.4 Å². The number of amides is 1. The van der Waals surface area contributed by atoms with Gasteiger partial charge in [0.15, 0.2) is 0 Å². The molecule has 0 aliphatic heterocycles. The Balaban J connectivity index is 1.90. The van der Waals surface area contributed by atoms with Crippen LogP contribution in [0.2, 0.25) is 0 Å². The number of hydrogen-bond donors (Lipinski definition) is 1. The van der Waals surface area contributed by atoms with Crippen LogP contribution in [0.5, 0.6) is 0 Å². The minimum Gasteiger partial charge on any atom is -0.343 e. The highest BCUT2D eigenvalue weighted by atomic mass is 16.2. The van der Waals surface area contributed by atoms with E-state index in [1.165, 1.54) is 10.7 Å². The third kappa shape index (κ3) is 3.88. The maximum absolute atomic E-state index is 12.9. The van der Waals surface area contributed by atoms with Crippen LogP contribution in [0.25, 0.3) is 0 Å². The van der Waals surface area contributed by atoms with E-state index in [-0.39, 0.29) is 17.5 Å². The number of carbonyl (C=O) groups excluding carboxylic acids is 1. The summed E-state index contributed by atoms with van der Waals surface area (Å²) in [7, 11) is 0. The molecule has 1 atom stereocenters. The lowest BCUT2D eigenvalue weighted by Crippen LogP contribution is -2.39. The molecule has 26 heavy (non-hydrogen) atoms. The monoisotopic (exact) mass is 347 g/mol. The first kappa shape index (κ1) is 17.6. The predicted molar refractivity (Wildman–Crippen MR) is 101 cm³/mol. The van der Waals surface area contributed by atoms with Crippen LogP contribution >= 0.6 is 0 Å². The minimum absolute atomic E-state index is 0.261. The zero-order valence-corrected chi connectivity index (χ0v) is 14.8. The fourth-order valence-electron chi connectivity index (χ4n) is 2.82. The molecular weight excluding hydrogens is 326 g/mol. The van der Waals surface area contributed by atoms with Crippen molar-refractivity contribution in [1.29, 1.82) is 0 Å². The summed E-state index contributed by atoms with van der Waals surface area (Å²) in [6.07, 6.45) is 0. The summed E-state index contributed by atoms with van der Waals surface area (Å²) in [5.41, 5.74) is 2.34. The summed E-state index contributed by atoms with van der Waals surface area (Å²) in [5, 5.41) is 7.25. The molecule has 3 aromatic rings. The van der Waals surface area contributed by atoms with Gasteiger partial charge in [0.1, 0.15) is 6.04 Å². The van der Waals surface area contributed by atoms with Crippen molar-refractivity contribution in [3.8, 4) is 0 Å². The largest absolute Gasteiger partial charge is 0.343 e. The molecule has 0 aliphatic rings. The molecule has 5 nitrogen and oxygen atoms in total. The average Bonchev–Trinajstić information content (AvgIpc) is 2.68. The molecule has 2 aromatic carbocycles. The fraction of sp³-hybridized carbons (Fsp3) is 0.190. The molecule has 1 aromatic heterocycles. The van der Waals surface area contributed by atoms with E-state index >= 15 is 0 Å². The van der Waals surface area contributed by atoms with Gasteiger partial charge in [-0.05, 0) is 31.0 Å². The average molecular weight is 347 g/mol. The summed E-state index contributed by atoms with van der Waals surface area (Å²) < 4.78 is 1.22. The molecule has 0 fully saturated rings. The van der Waals surface area contributed by atoms with Crippen LogP contribution < -0.4 is 10.9 Å². The molecule has 0 aliphatic carbocycles. The molecule has 0 radical (unpaired) electrons. The molecule has 1 N–H and O–H groups in total. The van der Waals surface area contributed by atoms with Crippen molar-refractivity contribution in [3.05, 3.63) is 100.0 Å². The number of benzene rings is 2. The second kappa shape index (κ2) is 7.78. The van der Waals surface area contributed by atoms with Crippen molar-refractivity contribution >= 4 is 5.91 Å². The molecule has 132 valence electrons. The van der Waals surface area contributed by atoms with Gasteiger partial charge in [-0.3, -0.25) is 9.59 Å². The van der Waals surface area contributed by atoms with Crippen LogP contribution in [-0.4, -0.2) is 15.7 Å². The maximum atomic E-state index is 12.9. The Morgan fingerprint density at radius 1 is 0.923 bits per heavy atom. The molecule has 1 unspecified atom stereocenters. The van der Waals surface area contributed by atoms with Gasteiger partial charge in [-0.15, -0.1) is 0 Å². The Bertz CT molecular complexity index is 897. The van der Waals surface area contributed by atoms with Crippen molar-refractivity contribution < 1.29 is 4.79 Å². The summed E-state index contributed by atoms with van der Waals surface area (Å²) >= 11 is 0. The van der Waals surface area contributed by atoms with Gasteiger partial charge in [-0.1, -0.05) is 60.7 Å². The fourth-order valence-corrected chi connectivity index (χ4v) is 2.82. The lowest BCUT2D eigenvalue weighted by molar-refractivity contribution is -0.124. The molecule has 0 bridgehead atoms. The van der Waals surface area contributed by atoms with Crippen molar-refractivity contribution in [2.75, 3.05) is 0 Å². The lowest BCUT2D eigenvalue weighted by Gasteiger charge is -2.22. The van der Waals surface area contributed by atoms with E-state index in [0.29, 0.717) is 5.69 Å². The molecule has 3 rings (SSSR count). The van der Waals surface area contributed by atoms with Crippen molar-refractivity contribution in [2.45, 2.75) is 25.9 Å². The predicted octanol–water partition coefficient (Wildman–Crippen LogP) is 3.02. The van der Waals surface area contributed by atoms with Crippen LogP contribution in [-0.2, 0) is 4.79 Å². The van der Waals surface area contributed by atoms with Gasteiger partial charge in [-0.2, -0.15) is 5.10 Å². The Morgan fingerprint density at radius 3 is 2.00 bits per heavy atom. The summed E-state index contributed by atoms with van der Waals surface area (Å²) in [5.74, 6) is -0.261. The highest BCUT2D eigenvalue weighted by Crippen LogP contribution is 2.22. The first-order valence-corrected chi connectivity index (χ1v) is 8.53. The quantitative estimate of drug-likeness (QED) is 0.772. The van der Waals surface area contributed by atoms with E-state index in [4.69, 9.17) is 0 Å². The van der Waals surface area contributed by atoms with Gasteiger partial charge in [0.2, 0.25) is 5.91 Å². The summed E-state index contributed by atoms with van der Waals surface area (Å²) in [6, 6.07) is 21.6. The SMILES string of the molecule is Cc1ccc(=O)n(C(C)C(=O)NC(c2ccccc2)c2ccccc2)n1. The van der Waals surface area contributed by atoms with Crippen LogP contribution in [0.1, 0.15) is 35.8 Å². The number of carbonyl (C=O) groups is 1. The Labute approximate surface area is 152 Å². The van der Waals surface area contributed by atoms with Gasteiger partial charge < -0.3 is 5.32 Å². The maximum Gasteiger partial charge on any atom is 0.267 e. The number of nitrogens with zero attached hydrogens (tertiary/aromatic N) is 2. The normalized spacial score (nSPS) is 12.0. The van der Waals surface area contributed by atoms with Gasteiger partial charge in [0.05, 0.1) is 11.7 Å². The van der Waals surface area contributed by atoms with Gasteiger partial charge in [0.25, 0.3) is 5.56 Å². The van der Waals surface area contributed by atoms with Crippen LogP contribution in [0, 0.1) is 6.92 Å². The molecule has 0 saturated heterocycles. The van der Waals surface area contributed by atoms with Crippen molar-refractivity contribution in [1.82, 2.24) is 15.1 Å². The number of hydrogen-bond acceptors (Lipinski definition) is 3. The zero-order chi connectivity index (χ0) is 18.5. The first-order valence-electron chi connectivity index (χ1n) is 8.53. The van der Waals surface area contributed by atoms with Gasteiger partial charge in [-0.25, -0.2) is 4.68 Å². The van der Waals surface area contributed by atoms with Gasteiger partial charge in [0, 0.05) is 6.07 Å². The Hall–Kier alpha value is -3.21.